The van der Waals surface area contributed by atoms with E-state index in [-0.39, 0.29) is 5.43 Å². The normalized spacial score (nSPS) is 16.1. The minimum Gasteiger partial charge on any atom is -0.298 e. The number of hydrogen-bond donors (Lipinski definition) is 0. The van der Waals surface area contributed by atoms with Crippen molar-refractivity contribution in [2.75, 3.05) is 0 Å². The SMILES string of the molecule is O=c1c2c(n(-c3cccc(Cl)c3)c3ncccc13)CCC(c1ccccc1)C2. The Kier molecular flexibility index (Phi) is 4.25. The number of hydrogen-bond acceptors (Lipinski definition) is 2. The zero-order chi connectivity index (χ0) is 19.1. The summed E-state index contributed by atoms with van der Waals surface area (Å²) in [6, 6.07) is 21.9. The van der Waals surface area contributed by atoms with Crippen molar-refractivity contribution < 1.29 is 0 Å². The van der Waals surface area contributed by atoms with E-state index in [1.54, 1.807) is 6.20 Å². The standard InChI is InChI=1S/C24H19ClN2O/c25-18-8-4-9-19(15-18)27-22-12-11-17(16-6-2-1-3-7-16)14-21(22)23(28)20-10-5-13-26-24(20)27/h1-10,13,15,17H,11-12,14H2. The molecule has 2 heterocycles. The van der Waals surface area contributed by atoms with Crippen LogP contribution in [0.3, 0.4) is 0 Å². The predicted molar refractivity (Wildman–Crippen MR) is 114 cm³/mol. The second-order valence-electron chi connectivity index (χ2n) is 7.29. The lowest BCUT2D eigenvalue weighted by molar-refractivity contribution is 0.565. The van der Waals surface area contributed by atoms with E-state index in [2.05, 4.69) is 33.8 Å². The Morgan fingerprint density at radius 2 is 1.86 bits per heavy atom. The molecular formula is C24H19ClN2O. The topological polar surface area (TPSA) is 34.9 Å². The molecule has 1 aliphatic carbocycles. The third-order valence-electron chi connectivity index (χ3n) is 5.65. The number of benzene rings is 2. The molecule has 0 amide bonds. The summed E-state index contributed by atoms with van der Waals surface area (Å²) < 4.78 is 2.12. The van der Waals surface area contributed by atoms with E-state index in [9.17, 15) is 4.79 Å². The van der Waals surface area contributed by atoms with Gasteiger partial charge in [-0.05, 0) is 61.1 Å². The number of rotatable bonds is 2. The first kappa shape index (κ1) is 17.2. The highest BCUT2D eigenvalue weighted by Crippen LogP contribution is 2.34. The molecule has 0 saturated carbocycles. The van der Waals surface area contributed by atoms with Crippen LogP contribution in [0.15, 0.2) is 77.7 Å². The first-order valence-electron chi connectivity index (χ1n) is 9.55. The highest BCUT2D eigenvalue weighted by molar-refractivity contribution is 6.30. The minimum atomic E-state index is 0.108. The molecule has 0 fully saturated rings. The van der Waals surface area contributed by atoms with Gasteiger partial charge in [-0.25, -0.2) is 4.98 Å². The van der Waals surface area contributed by atoms with Crippen molar-refractivity contribution in [1.82, 2.24) is 9.55 Å². The number of nitrogens with zero attached hydrogens (tertiary/aromatic N) is 2. The van der Waals surface area contributed by atoms with E-state index in [0.29, 0.717) is 22.0 Å². The van der Waals surface area contributed by atoms with Crippen molar-refractivity contribution in [2.45, 2.75) is 25.2 Å². The molecule has 4 aromatic rings. The molecule has 2 aromatic carbocycles. The number of fused-ring (bicyclic) bond motifs is 2. The van der Waals surface area contributed by atoms with Gasteiger partial charge >= 0.3 is 0 Å². The lowest BCUT2D eigenvalue weighted by atomic mass is 9.81. The summed E-state index contributed by atoms with van der Waals surface area (Å²) in [5.41, 5.74) is 5.02. The van der Waals surface area contributed by atoms with Gasteiger partial charge < -0.3 is 0 Å². The maximum Gasteiger partial charge on any atom is 0.194 e. The number of aromatic nitrogens is 2. The van der Waals surface area contributed by atoms with Crippen molar-refractivity contribution in [1.29, 1.82) is 0 Å². The Balaban J connectivity index is 1.76. The zero-order valence-electron chi connectivity index (χ0n) is 15.3. The molecule has 0 saturated heterocycles. The molecule has 0 N–H and O–H groups in total. The Morgan fingerprint density at radius 3 is 2.68 bits per heavy atom. The second-order valence-corrected chi connectivity index (χ2v) is 7.73. The van der Waals surface area contributed by atoms with Crippen LogP contribution in [0.1, 0.15) is 29.2 Å². The molecule has 5 rings (SSSR count). The molecule has 1 atom stereocenters. The lowest BCUT2D eigenvalue weighted by Gasteiger charge is -2.28. The van der Waals surface area contributed by atoms with Gasteiger partial charge in [0.1, 0.15) is 5.65 Å². The van der Waals surface area contributed by atoms with E-state index in [0.717, 1.165) is 36.2 Å². The van der Waals surface area contributed by atoms with Crippen LogP contribution in [0.2, 0.25) is 5.02 Å². The van der Waals surface area contributed by atoms with Gasteiger partial charge in [0, 0.05) is 28.2 Å². The van der Waals surface area contributed by atoms with Gasteiger partial charge in [0.05, 0.1) is 5.39 Å². The smallest absolute Gasteiger partial charge is 0.194 e. The van der Waals surface area contributed by atoms with Gasteiger partial charge in [-0.1, -0.05) is 48.0 Å². The monoisotopic (exact) mass is 386 g/mol. The maximum absolute atomic E-state index is 13.3. The lowest BCUT2D eigenvalue weighted by Crippen LogP contribution is -2.26. The zero-order valence-corrected chi connectivity index (χ0v) is 16.1. The van der Waals surface area contributed by atoms with Crippen LogP contribution < -0.4 is 5.43 Å². The van der Waals surface area contributed by atoms with E-state index >= 15 is 0 Å². The first-order chi connectivity index (χ1) is 13.7. The van der Waals surface area contributed by atoms with E-state index in [1.165, 1.54) is 5.56 Å². The molecule has 4 heteroatoms. The quantitative estimate of drug-likeness (QED) is 0.467. The van der Waals surface area contributed by atoms with Gasteiger partial charge in [-0.2, -0.15) is 0 Å². The molecule has 0 spiro atoms. The number of halogens is 1. The molecule has 138 valence electrons. The molecule has 3 nitrogen and oxygen atoms in total. The first-order valence-corrected chi connectivity index (χ1v) is 9.92. The summed E-state index contributed by atoms with van der Waals surface area (Å²) in [5, 5.41) is 1.34. The summed E-state index contributed by atoms with van der Waals surface area (Å²) in [7, 11) is 0. The maximum atomic E-state index is 13.3. The molecule has 2 aromatic heterocycles. The van der Waals surface area contributed by atoms with Crippen LogP contribution in [-0.4, -0.2) is 9.55 Å². The summed E-state index contributed by atoms with van der Waals surface area (Å²) in [6.07, 6.45) is 4.34. The summed E-state index contributed by atoms with van der Waals surface area (Å²) in [5.74, 6) is 0.364. The molecule has 0 radical (unpaired) electrons. The Morgan fingerprint density at radius 1 is 1.00 bits per heavy atom. The fourth-order valence-corrected chi connectivity index (χ4v) is 4.53. The average molecular weight is 387 g/mol. The van der Waals surface area contributed by atoms with Gasteiger partial charge in [0.25, 0.3) is 0 Å². The van der Waals surface area contributed by atoms with Gasteiger partial charge in [0.15, 0.2) is 5.43 Å². The van der Waals surface area contributed by atoms with Crippen molar-refractivity contribution in [3.05, 3.63) is 105 Å². The van der Waals surface area contributed by atoms with Crippen LogP contribution in [0.4, 0.5) is 0 Å². The van der Waals surface area contributed by atoms with Gasteiger partial charge in [-0.15, -0.1) is 0 Å². The fraction of sp³-hybridized carbons (Fsp3) is 0.167. The van der Waals surface area contributed by atoms with Crippen molar-refractivity contribution in [2.24, 2.45) is 0 Å². The summed E-state index contributed by atoms with van der Waals surface area (Å²) in [4.78, 5) is 17.9. The van der Waals surface area contributed by atoms with Crippen molar-refractivity contribution in [3.8, 4) is 5.69 Å². The molecule has 0 aliphatic heterocycles. The second kappa shape index (κ2) is 6.92. The van der Waals surface area contributed by atoms with E-state index in [1.807, 2.05) is 42.5 Å². The van der Waals surface area contributed by atoms with Crippen LogP contribution in [0.25, 0.3) is 16.7 Å². The van der Waals surface area contributed by atoms with Crippen LogP contribution in [0.5, 0.6) is 0 Å². The van der Waals surface area contributed by atoms with E-state index < -0.39 is 0 Å². The van der Waals surface area contributed by atoms with Crippen molar-refractivity contribution in [3.63, 3.8) is 0 Å². The molecule has 0 bridgehead atoms. The minimum absolute atomic E-state index is 0.108. The fourth-order valence-electron chi connectivity index (χ4n) is 4.34. The third-order valence-corrected chi connectivity index (χ3v) is 5.89. The van der Waals surface area contributed by atoms with Crippen LogP contribution in [-0.2, 0) is 12.8 Å². The molecule has 28 heavy (non-hydrogen) atoms. The van der Waals surface area contributed by atoms with Gasteiger partial charge in [-0.3, -0.25) is 9.36 Å². The van der Waals surface area contributed by atoms with E-state index in [4.69, 9.17) is 11.6 Å². The molecular weight excluding hydrogens is 368 g/mol. The average Bonchev–Trinajstić information content (AvgIpc) is 2.74. The largest absolute Gasteiger partial charge is 0.298 e. The van der Waals surface area contributed by atoms with Gasteiger partial charge in [0.2, 0.25) is 0 Å². The highest BCUT2D eigenvalue weighted by Gasteiger charge is 2.27. The Hall–Kier alpha value is -2.91. The Bertz CT molecular complexity index is 1230. The van der Waals surface area contributed by atoms with Crippen molar-refractivity contribution >= 4 is 22.6 Å². The summed E-state index contributed by atoms with van der Waals surface area (Å²) in [6.45, 7) is 0. The third kappa shape index (κ3) is 2.83. The van der Waals surface area contributed by atoms with Crippen LogP contribution >= 0.6 is 11.6 Å². The summed E-state index contributed by atoms with van der Waals surface area (Å²) >= 11 is 6.27. The molecule has 1 aliphatic rings. The van der Waals surface area contributed by atoms with Crippen LogP contribution in [0, 0.1) is 0 Å². The molecule has 1 unspecified atom stereocenters. The Labute approximate surface area is 168 Å². The highest BCUT2D eigenvalue weighted by atomic mass is 35.5. The number of pyridine rings is 2. The predicted octanol–water partition coefficient (Wildman–Crippen LogP) is 5.31.